The van der Waals surface area contributed by atoms with E-state index in [0.717, 1.165) is 18.7 Å². The zero-order valence-corrected chi connectivity index (χ0v) is 11.9. The molecular formula is C15H24N2O. The molecule has 0 aromatic heterocycles. The number of anilines is 1. The van der Waals surface area contributed by atoms with Crippen LogP contribution in [0.15, 0.2) is 30.3 Å². The number of hydrogen-bond donors (Lipinski definition) is 0. The molecule has 0 atom stereocenters. The highest BCUT2D eigenvalue weighted by Crippen LogP contribution is 2.11. The smallest absolute Gasteiger partial charge is 0.241 e. The average Bonchev–Trinajstić information content (AvgIpc) is 2.36. The predicted octanol–water partition coefficient (Wildman–Crippen LogP) is 2.63. The van der Waals surface area contributed by atoms with E-state index in [2.05, 4.69) is 13.8 Å². The maximum Gasteiger partial charge on any atom is 0.241 e. The van der Waals surface area contributed by atoms with Crippen molar-refractivity contribution in [3.63, 3.8) is 0 Å². The monoisotopic (exact) mass is 248 g/mol. The van der Waals surface area contributed by atoms with E-state index in [4.69, 9.17) is 0 Å². The van der Waals surface area contributed by atoms with Gasteiger partial charge in [0.05, 0.1) is 6.54 Å². The number of rotatable bonds is 6. The number of para-hydroxylation sites is 1. The van der Waals surface area contributed by atoms with E-state index < -0.39 is 0 Å². The van der Waals surface area contributed by atoms with Gasteiger partial charge in [-0.3, -0.25) is 4.79 Å². The minimum atomic E-state index is 0.169. The number of likely N-dealkylation sites (N-methyl/N-ethyl adjacent to an activating group) is 2. The molecule has 0 spiro atoms. The summed E-state index contributed by atoms with van der Waals surface area (Å²) >= 11 is 0. The van der Waals surface area contributed by atoms with E-state index >= 15 is 0 Å². The Bertz CT molecular complexity index is 362. The van der Waals surface area contributed by atoms with Crippen LogP contribution in [-0.4, -0.2) is 38.0 Å². The lowest BCUT2D eigenvalue weighted by atomic mass is 10.1. The molecule has 3 heteroatoms. The van der Waals surface area contributed by atoms with Gasteiger partial charge in [0.15, 0.2) is 0 Å². The quantitative estimate of drug-likeness (QED) is 0.772. The molecule has 1 aromatic rings. The topological polar surface area (TPSA) is 23.6 Å². The molecule has 0 aliphatic carbocycles. The Morgan fingerprint density at radius 3 is 2.33 bits per heavy atom. The third kappa shape index (κ3) is 4.78. The van der Waals surface area contributed by atoms with Gasteiger partial charge in [-0.15, -0.1) is 0 Å². The van der Waals surface area contributed by atoms with Crippen molar-refractivity contribution in [2.24, 2.45) is 5.92 Å². The Hall–Kier alpha value is -1.51. The van der Waals surface area contributed by atoms with Gasteiger partial charge in [0.25, 0.3) is 0 Å². The summed E-state index contributed by atoms with van der Waals surface area (Å²) in [5, 5.41) is 0. The summed E-state index contributed by atoms with van der Waals surface area (Å²) < 4.78 is 0. The zero-order valence-electron chi connectivity index (χ0n) is 11.9. The van der Waals surface area contributed by atoms with Gasteiger partial charge < -0.3 is 9.80 Å². The van der Waals surface area contributed by atoms with Crippen LogP contribution < -0.4 is 4.90 Å². The summed E-state index contributed by atoms with van der Waals surface area (Å²) in [5.74, 6) is 0.800. The van der Waals surface area contributed by atoms with Crippen molar-refractivity contribution in [1.82, 2.24) is 4.90 Å². The zero-order chi connectivity index (χ0) is 13.5. The van der Waals surface area contributed by atoms with E-state index in [9.17, 15) is 4.79 Å². The molecule has 0 unspecified atom stereocenters. The Balaban J connectivity index is 2.44. The molecule has 18 heavy (non-hydrogen) atoms. The van der Waals surface area contributed by atoms with Crippen molar-refractivity contribution >= 4 is 11.6 Å². The van der Waals surface area contributed by atoms with Crippen LogP contribution in [-0.2, 0) is 4.79 Å². The van der Waals surface area contributed by atoms with E-state index in [1.165, 1.54) is 0 Å². The molecule has 1 aromatic carbocycles. The van der Waals surface area contributed by atoms with E-state index in [-0.39, 0.29) is 5.91 Å². The Kier molecular flexibility index (Phi) is 5.69. The van der Waals surface area contributed by atoms with Gasteiger partial charge in [0.2, 0.25) is 5.91 Å². The highest BCUT2D eigenvalue weighted by atomic mass is 16.2. The van der Waals surface area contributed by atoms with Crippen molar-refractivity contribution in [1.29, 1.82) is 0 Å². The highest BCUT2D eigenvalue weighted by molar-refractivity contribution is 5.81. The largest absolute Gasteiger partial charge is 0.365 e. The van der Waals surface area contributed by atoms with Gasteiger partial charge in [0.1, 0.15) is 0 Å². The Morgan fingerprint density at radius 2 is 1.78 bits per heavy atom. The van der Waals surface area contributed by atoms with Crippen LogP contribution in [0.5, 0.6) is 0 Å². The molecule has 0 radical (unpaired) electrons. The molecule has 1 amide bonds. The molecule has 0 aliphatic rings. The summed E-state index contributed by atoms with van der Waals surface area (Å²) in [7, 11) is 3.83. The maximum absolute atomic E-state index is 12.0. The lowest BCUT2D eigenvalue weighted by Gasteiger charge is -2.23. The van der Waals surface area contributed by atoms with Crippen molar-refractivity contribution in [2.75, 3.05) is 32.1 Å². The van der Waals surface area contributed by atoms with Crippen LogP contribution >= 0.6 is 0 Å². The first-order valence-electron chi connectivity index (χ1n) is 6.51. The van der Waals surface area contributed by atoms with E-state index in [1.807, 2.05) is 54.2 Å². The molecule has 0 bridgehead atoms. The molecular weight excluding hydrogens is 224 g/mol. The molecule has 0 heterocycles. The molecule has 100 valence electrons. The normalized spacial score (nSPS) is 10.5. The van der Waals surface area contributed by atoms with Crippen molar-refractivity contribution in [3.05, 3.63) is 30.3 Å². The van der Waals surface area contributed by atoms with E-state index in [1.54, 1.807) is 0 Å². The number of carbonyl (C=O) groups excluding carboxylic acids is 1. The molecule has 0 aliphatic heterocycles. The van der Waals surface area contributed by atoms with Gasteiger partial charge in [-0.05, 0) is 24.5 Å². The average molecular weight is 248 g/mol. The van der Waals surface area contributed by atoms with Crippen LogP contribution in [0.4, 0.5) is 5.69 Å². The summed E-state index contributed by atoms with van der Waals surface area (Å²) in [6.45, 7) is 5.61. The molecule has 0 saturated heterocycles. The fourth-order valence-electron chi connectivity index (χ4n) is 1.67. The van der Waals surface area contributed by atoms with E-state index in [0.29, 0.717) is 12.5 Å². The van der Waals surface area contributed by atoms with Crippen molar-refractivity contribution in [3.8, 4) is 0 Å². The maximum atomic E-state index is 12.0. The summed E-state index contributed by atoms with van der Waals surface area (Å²) in [5.41, 5.74) is 1.07. The Morgan fingerprint density at radius 1 is 1.17 bits per heavy atom. The molecule has 0 saturated carbocycles. The standard InChI is InChI=1S/C15H24N2O/c1-13(2)10-11-16(3)15(18)12-17(4)14-8-6-5-7-9-14/h5-9,13H,10-12H2,1-4H3. The summed E-state index contributed by atoms with van der Waals surface area (Å²) in [6.07, 6.45) is 1.05. The molecule has 1 rings (SSSR count). The Labute approximate surface area is 110 Å². The third-order valence-corrected chi connectivity index (χ3v) is 3.04. The fourth-order valence-corrected chi connectivity index (χ4v) is 1.67. The first-order valence-corrected chi connectivity index (χ1v) is 6.51. The third-order valence-electron chi connectivity index (χ3n) is 3.04. The van der Waals surface area contributed by atoms with Crippen LogP contribution in [0.2, 0.25) is 0 Å². The van der Waals surface area contributed by atoms with Crippen LogP contribution in [0.1, 0.15) is 20.3 Å². The van der Waals surface area contributed by atoms with Crippen LogP contribution in [0, 0.1) is 5.92 Å². The second kappa shape index (κ2) is 7.04. The number of benzene rings is 1. The van der Waals surface area contributed by atoms with Gasteiger partial charge in [-0.25, -0.2) is 0 Å². The van der Waals surface area contributed by atoms with Crippen LogP contribution in [0.3, 0.4) is 0 Å². The minimum absolute atomic E-state index is 0.169. The first kappa shape index (κ1) is 14.6. The second-order valence-electron chi connectivity index (χ2n) is 5.19. The van der Waals surface area contributed by atoms with Crippen LogP contribution in [0.25, 0.3) is 0 Å². The number of amides is 1. The number of carbonyl (C=O) groups is 1. The van der Waals surface area contributed by atoms with Crippen molar-refractivity contribution < 1.29 is 4.79 Å². The van der Waals surface area contributed by atoms with Gasteiger partial charge in [-0.1, -0.05) is 32.0 Å². The SMILES string of the molecule is CC(C)CCN(C)C(=O)CN(C)c1ccccc1. The molecule has 3 nitrogen and oxygen atoms in total. The second-order valence-corrected chi connectivity index (χ2v) is 5.19. The first-order chi connectivity index (χ1) is 8.50. The minimum Gasteiger partial charge on any atom is -0.365 e. The predicted molar refractivity (Wildman–Crippen MR) is 76.8 cm³/mol. The highest BCUT2D eigenvalue weighted by Gasteiger charge is 2.12. The molecule has 0 N–H and O–H groups in total. The number of nitrogens with zero attached hydrogens (tertiary/aromatic N) is 2. The summed E-state index contributed by atoms with van der Waals surface area (Å²) in [4.78, 5) is 15.8. The van der Waals surface area contributed by atoms with Gasteiger partial charge in [0, 0.05) is 26.3 Å². The molecule has 0 fully saturated rings. The van der Waals surface area contributed by atoms with Gasteiger partial charge in [-0.2, -0.15) is 0 Å². The van der Waals surface area contributed by atoms with Crippen molar-refractivity contribution in [2.45, 2.75) is 20.3 Å². The summed E-state index contributed by atoms with van der Waals surface area (Å²) in [6, 6.07) is 9.98. The van der Waals surface area contributed by atoms with Gasteiger partial charge >= 0.3 is 0 Å². The lowest BCUT2D eigenvalue weighted by Crippen LogP contribution is -2.37. The number of hydrogen-bond acceptors (Lipinski definition) is 2. The fraction of sp³-hybridized carbons (Fsp3) is 0.533. The lowest BCUT2D eigenvalue weighted by molar-refractivity contribution is -0.128.